The average molecular weight is 434 g/mol. The van der Waals surface area contributed by atoms with Crippen LogP contribution in [0.15, 0.2) is 48.6 Å². The molecule has 5 N–H and O–H groups in total. The molecule has 1 unspecified atom stereocenters. The van der Waals surface area contributed by atoms with E-state index in [9.17, 15) is 19.2 Å². The highest BCUT2D eigenvalue weighted by Gasteiger charge is 2.25. The zero-order valence-electron chi connectivity index (χ0n) is 16.8. The van der Waals surface area contributed by atoms with E-state index in [0.717, 1.165) is 19.1 Å². The van der Waals surface area contributed by atoms with Crippen molar-refractivity contribution in [1.29, 1.82) is 0 Å². The van der Waals surface area contributed by atoms with Crippen molar-refractivity contribution in [3.05, 3.63) is 59.7 Å². The molecule has 2 aliphatic rings. The molecule has 1 aromatic rings. The van der Waals surface area contributed by atoms with Crippen LogP contribution in [0.1, 0.15) is 17.5 Å². The van der Waals surface area contributed by atoms with Crippen LogP contribution in [0.25, 0.3) is 0 Å². The number of piperazine rings is 1. The number of rotatable bonds is 4. The van der Waals surface area contributed by atoms with Gasteiger partial charge in [-0.05, 0) is 24.0 Å². The van der Waals surface area contributed by atoms with Gasteiger partial charge in [0, 0.05) is 56.5 Å². The SMILES string of the molecule is O=C(O)/C=C/C(=O)O.O=C(O)/C=C/C(=O)O.c1ccc2c(c1)CCC1CNCCN1C2. The van der Waals surface area contributed by atoms with Crippen LogP contribution in [0.3, 0.4) is 0 Å². The van der Waals surface area contributed by atoms with Gasteiger partial charge in [0.15, 0.2) is 0 Å². The number of carboxylic acids is 4. The molecule has 1 atom stereocenters. The Hall–Kier alpha value is -3.50. The van der Waals surface area contributed by atoms with Crippen molar-refractivity contribution in [2.75, 3.05) is 19.6 Å². The quantitative estimate of drug-likeness (QED) is 0.429. The molecule has 0 radical (unpaired) electrons. The molecule has 2 heterocycles. The molecule has 2 aliphatic heterocycles. The van der Waals surface area contributed by atoms with Gasteiger partial charge >= 0.3 is 23.9 Å². The highest BCUT2D eigenvalue weighted by molar-refractivity contribution is 5.90. The highest BCUT2D eigenvalue weighted by atomic mass is 16.4. The fraction of sp³-hybridized carbons (Fsp3) is 0.333. The fourth-order valence-corrected chi connectivity index (χ4v) is 3.08. The lowest BCUT2D eigenvalue weighted by Gasteiger charge is -2.34. The van der Waals surface area contributed by atoms with Gasteiger partial charge < -0.3 is 25.7 Å². The number of nitrogens with zero attached hydrogens (tertiary/aromatic N) is 1. The second kappa shape index (κ2) is 13.7. The molecular weight excluding hydrogens is 408 g/mol. The summed E-state index contributed by atoms with van der Waals surface area (Å²) in [5.74, 6) is -5.03. The van der Waals surface area contributed by atoms with Gasteiger partial charge in [-0.1, -0.05) is 24.3 Å². The number of benzene rings is 1. The van der Waals surface area contributed by atoms with Crippen LogP contribution in [-0.4, -0.2) is 74.9 Å². The molecule has 0 aromatic heterocycles. The summed E-state index contributed by atoms with van der Waals surface area (Å²) < 4.78 is 0. The Bertz CT molecular complexity index is 768. The maximum absolute atomic E-state index is 9.55. The van der Waals surface area contributed by atoms with Crippen LogP contribution >= 0.6 is 0 Å². The second-order valence-corrected chi connectivity index (χ2v) is 6.66. The van der Waals surface area contributed by atoms with Gasteiger partial charge in [-0.2, -0.15) is 0 Å². The third-order valence-corrected chi connectivity index (χ3v) is 4.45. The first-order valence-corrected chi connectivity index (χ1v) is 9.48. The van der Waals surface area contributed by atoms with Gasteiger partial charge in [-0.25, -0.2) is 19.2 Å². The smallest absolute Gasteiger partial charge is 0.328 e. The van der Waals surface area contributed by atoms with Gasteiger partial charge in [-0.15, -0.1) is 0 Å². The van der Waals surface area contributed by atoms with Crippen LogP contribution in [0.4, 0.5) is 0 Å². The monoisotopic (exact) mass is 434 g/mol. The lowest BCUT2D eigenvalue weighted by Crippen LogP contribution is -2.50. The molecule has 168 valence electrons. The molecule has 0 spiro atoms. The third kappa shape index (κ3) is 11.3. The molecule has 0 bridgehead atoms. The largest absolute Gasteiger partial charge is 0.478 e. The van der Waals surface area contributed by atoms with Crippen molar-refractivity contribution in [2.45, 2.75) is 25.4 Å². The molecule has 1 fully saturated rings. The predicted octanol–water partition coefficient (Wildman–Crippen LogP) is 0.830. The van der Waals surface area contributed by atoms with Crippen LogP contribution < -0.4 is 5.32 Å². The second-order valence-electron chi connectivity index (χ2n) is 6.66. The number of nitrogens with one attached hydrogen (secondary N) is 1. The molecule has 0 saturated carbocycles. The molecule has 1 aromatic carbocycles. The Labute approximate surface area is 179 Å². The summed E-state index contributed by atoms with van der Waals surface area (Å²) in [6.45, 7) is 4.69. The number of aliphatic carboxylic acids is 4. The molecule has 1 saturated heterocycles. The Balaban J connectivity index is 0.000000259. The fourth-order valence-electron chi connectivity index (χ4n) is 3.08. The van der Waals surface area contributed by atoms with E-state index >= 15 is 0 Å². The molecule has 10 heteroatoms. The minimum atomic E-state index is -1.26. The third-order valence-electron chi connectivity index (χ3n) is 4.45. The average Bonchev–Trinajstić information content (AvgIpc) is 2.91. The number of carbonyl (C=O) groups is 4. The molecule has 0 aliphatic carbocycles. The molecule has 31 heavy (non-hydrogen) atoms. The van der Waals surface area contributed by atoms with Gasteiger partial charge in [-0.3, -0.25) is 4.90 Å². The summed E-state index contributed by atoms with van der Waals surface area (Å²) in [7, 11) is 0. The summed E-state index contributed by atoms with van der Waals surface area (Å²) in [6.07, 6.45) is 4.79. The van der Waals surface area contributed by atoms with E-state index in [0.29, 0.717) is 24.3 Å². The molecule has 0 amide bonds. The topological polar surface area (TPSA) is 164 Å². The Morgan fingerprint density at radius 3 is 1.81 bits per heavy atom. The normalized spacial score (nSPS) is 17.7. The van der Waals surface area contributed by atoms with E-state index in [4.69, 9.17) is 20.4 Å². The van der Waals surface area contributed by atoms with Gasteiger partial charge in [0.2, 0.25) is 0 Å². The predicted molar refractivity (Wildman–Crippen MR) is 111 cm³/mol. The van der Waals surface area contributed by atoms with Crippen LogP contribution in [-0.2, 0) is 32.1 Å². The van der Waals surface area contributed by atoms with Crippen molar-refractivity contribution in [2.24, 2.45) is 0 Å². The minimum Gasteiger partial charge on any atom is -0.478 e. The zero-order valence-corrected chi connectivity index (χ0v) is 16.8. The maximum Gasteiger partial charge on any atom is 0.328 e. The van der Waals surface area contributed by atoms with Crippen LogP contribution in [0.5, 0.6) is 0 Å². The van der Waals surface area contributed by atoms with Crippen molar-refractivity contribution >= 4 is 23.9 Å². The standard InChI is InChI=1S/C13H18N2.2C4H4O4/c1-2-4-12-10-15-8-7-14-9-13(15)6-5-11(12)3-1;2*5-3(6)1-2-4(7)8/h1-4,13-14H,5-10H2;2*1-2H,(H,5,6)(H,7,8)/b;2*2-1+. The maximum atomic E-state index is 9.55. The first kappa shape index (κ1) is 25.5. The first-order chi connectivity index (χ1) is 14.7. The lowest BCUT2D eigenvalue weighted by molar-refractivity contribution is -0.134. The van der Waals surface area contributed by atoms with E-state index in [2.05, 4.69) is 34.5 Å². The molecule has 10 nitrogen and oxygen atoms in total. The Morgan fingerprint density at radius 1 is 0.839 bits per heavy atom. The van der Waals surface area contributed by atoms with Gasteiger partial charge in [0.1, 0.15) is 0 Å². The molecular formula is C21H26N2O8. The first-order valence-electron chi connectivity index (χ1n) is 9.48. The summed E-state index contributed by atoms with van der Waals surface area (Å²) in [4.78, 5) is 40.9. The van der Waals surface area contributed by atoms with E-state index in [1.807, 2.05) is 0 Å². The number of carboxylic acid groups (broad SMARTS) is 4. The lowest BCUT2D eigenvalue weighted by atomic mass is 10.0. The zero-order chi connectivity index (χ0) is 23.2. The van der Waals surface area contributed by atoms with Crippen molar-refractivity contribution in [3.63, 3.8) is 0 Å². The highest BCUT2D eigenvalue weighted by Crippen LogP contribution is 2.22. The van der Waals surface area contributed by atoms with Crippen LogP contribution in [0, 0.1) is 0 Å². The number of fused-ring (bicyclic) bond motifs is 2. The molecule has 3 rings (SSSR count). The summed E-state index contributed by atoms with van der Waals surface area (Å²) in [5, 5.41) is 34.7. The summed E-state index contributed by atoms with van der Waals surface area (Å²) in [5.41, 5.74) is 3.11. The van der Waals surface area contributed by atoms with E-state index in [1.165, 1.54) is 25.9 Å². The number of hydrogen-bond donors (Lipinski definition) is 5. The number of hydrogen-bond acceptors (Lipinski definition) is 6. The summed E-state index contributed by atoms with van der Waals surface area (Å²) >= 11 is 0. The Morgan fingerprint density at radius 2 is 1.32 bits per heavy atom. The van der Waals surface area contributed by atoms with Crippen molar-refractivity contribution < 1.29 is 39.6 Å². The summed E-state index contributed by atoms with van der Waals surface area (Å²) in [6, 6.07) is 9.68. The van der Waals surface area contributed by atoms with E-state index in [-0.39, 0.29) is 0 Å². The van der Waals surface area contributed by atoms with E-state index < -0.39 is 23.9 Å². The van der Waals surface area contributed by atoms with Crippen molar-refractivity contribution in [3.8, 4) is 0 Å². The van der Waals surface area contributed by atoms with Crippen LogP contribution in [0.2, 0.25) is 0 Å². The van der Waals surface area contributed by atoms with Gasteiger partial charge in [0.25, 0.3) is 0 Å². The van der Waals surface area contributed by atoms with Gasteiger partial charge in [0.05, 0.1) is 0 Å². The number of aryl methyl sites for hydroxylation is 1. The van der Waals surface area contributed by atoms with E-state index in [1.54, 1.807) is 11.1 Å². The Kier molecular flexibility index (Phi) is 11.3. The minimum absolute atomic E-state index is 0.558. The van der Waals surface area contributed by atoms with Crippen molar-refractivity contribution in [1.82, 2.24) is 10.2 Å².